The van der Waals surface area contributed by atoms with Crippen molar-refractivity contribution >= 4 is 17.5 Å². The zero-order chi connectivity index (χ0) is 15.2. The highest BCUT2D eigenvalue weighted by molar-refractivity contribution is 5.96. The van der Waals surface area contributed by atoms with Gasteiger partial charge in [0.1, 0.15) is 0 Å². The highest BCUT2D eigenvalue weighted by atomic mass is 16.5. The largest absolute Gasteiger partial charge is 0.399 e. The van der Waals surface area contributed by atoms with Crippen LogP contribution < -0.4 is 11.1 Å². The average Bonchev–Trinajstić information content (AvgIpc) is 2.98. The van der Waals surface area contributed by atoms with Gasteiger partial charge in [-0.25, -0.2) is 0 Å². The number of nitrogens with zero attached hydrogens (tertiary/aromatic N) is 1. The zero-order valence-corrected chi connectivity index (χ0v) is 12.2. The molecule has 0 spiro atoms. The third kappa shape index (κ3) is 4.46. The van der Waals surface area contributed by atoms with Gasteiger partial charge in [-0.3, -0.25) is 9.59 Å². The second kappa shape index (κ2) is 7.08. The highest BCUT2D eigenvalue weighted by Crippen LogP contribution is 2.12. The second-order valence-electron chi connectivity index (χ2n) is 5.21. The van der Waals surface area contributed by atoms with Crippen LogP contribution in [-0.4, -0.2) is 49.6 Å². The fourth-order valence-corrected chi connectivity index (χ4v) is 2.22. The molecule has 0 saturated carbocycles. The summed E-state index contributed by atoms with van der Waals surface area (Å²) in [4.78, 5) is 25.4. The van der Waals surface area contributed by atoms with Gasteiger partial charge >= 0.3 is 0 Å². The van der Waals surface area contributed by atoms with Crippen molar-refractivity contribution in [3.8, 4) is 0 Å². The van der Waals surface area contributed by atoms with E-state index in [9.17, 15) is 9.59 Å². The topological polar surface area (TPSA) is 84.7 Å². The maximum atomic E-state index is 12.0. The molecule has 3 N–H and O–H groups in total. The van der Waals surface area contributed by atoms with Gasteiger partial charge in [0, 0.05) is 31.5 Å². The lowest BCUT2D eigenvalue weighted by Gasteiger charge is -2.21. The lowest BCUT2D eigenvalue weighted by atomic mass is 10.2. The Kier molecular flexibility index (Phi) is 5.16. The van der Waals surface area contributed by atoms with Gasteiger partial charge in [-0.2, -0.15) is 0 Å². The van der Waals surface area contributed by atoms with E-state index in [0.717, 1.165) is 19.4 Å². The van der Waals surface area contributed by atoms with Crippen LogP contribution in [0.4, 0.5) is 5.69 Å². The van der Waals surface area contributed by atoms with Gasteiger partial charge in [-0.05, 0) is 37.1 Å². The van der Waals surface area contributed by atoms with Gasteiger partial charge in [-0.1, -0.05) is 0 Å². The Balaban J connectivity index is 1.77. The first kappa shape index (κ1) is 15.3. The molecule has 2 amide bonds. The standard InChI is InChI=1S/C15H21N3O3/c1-18(10-13-3-2-8-21-13)14(19)9-17-15(20)11-4-6-12(16)7-5-11/h4-7,13H,2-3,8-10,16H2,1H3,(H,17,20). The summed E-state index contributed by atoms with van der Waals surface area (Å²) < 4.78 is 5.49. The summed E-state index contributed by atoms with van der Waals surface area (Å²) >= 11 is 0. The summed E-state index contributed by atoms with van der Waals surface area (Å²) in [6.07, 6.45) is 2.14. The summed E-state index contributed by atoms with van der Waals surface area (Å²) in [7, 11) is 1.72. The van der Waals surface area contributed by atoms with E-state index in [1.54, 1.807) is 36.2 Å². The minimum atomic E-state index is -0.283. The molecule has 1 fully saturated rings. The van der Waals surface area contributed by atoms with Crippen LogP contribution in [0, 0.1) is 0 Å². The number of nitrogens with two attached hydrogens (primary N) is 1. The van der Waals surface area contributed by atoms with E-state index in [1.807, 2.05) is 0 Å². The maximum absolute atomic E-state index is 12.0. The predicted octanol–water partition coefficient (Wildman–Crippen LogP) is 0.636. The molecule has 6 heteroatoms. The summed E-state index contributed by atoms with van der Waals surface area (Å²) in [6, 6.07) is 6.57. The van der Waals surface area contributed by atoms with Crippen LogP contribution in [0.15, 0.2) is 24.3 Å². The maximum Gasteiger partial charge on any atom is 0.251 e. The lowest BCUT2D eigenvalue weighted by molar-refractivity contribution is -0.130. The van der Waals surface area contributed by atoms with Crippen LogP contribution in [0.3, 0.4) is 0 Å². The fourth-order valence-electron chi connectivity index (χ4n) is 2.22. The molecule has 1 aliphatic rings. The lowest BCUT2D eigenvalue weighted by Crippen LogP contribution is -2.41. The van der Waals surface area contributed by atoms with Crippen molar-refractivity contribution in [2.75, 3.05) is 32.5 Å². The third-order valence-corrected chi connectivity index (χ3v) is 3.50. The molecule has 1 unspecified atom stereocenters. The number of carbonyl (C=O) groups excluding carboxylic acids is 2. The van der Waals surface area contributed by atoms with Crippen molar-refractivity contribution in [1.82, 2.24) is 10.2 Å². The van der Waals surface area contributed by atoms with E-state index in [-0.39, 0.29) is 24.5 Å². The summed E-state index contributed by atoms with van der Waals surface area (Å²) in [6.45, 7) is 1.31. The molecule has 114 valence electrons. The smallest absolute Gasteiger partial charge is 0.251 e. The van der Waals surface area contributed by atoms with Crippen LogP contribution in [-0.2, 0) is 9.53 Å². The van der Waals surface area contributed by atoms with E-state index in [2.05, 4.69) is 5.32 Å². The highest BCUT2D eigenvalue weighted by Gasteiger charge is 2.20. The van der Waals surface area contributed by atoms with E-state index < -0.39 is 0 Å². The average molecular weight is 291 g/mol. The van der Waals surface area contributed by atoms with E-state index >= 15 is 0 Å². The third-order valence-electron chi connectivity index (χ3n) is 3.50. The number of amides is 2. The van der Waals surface area contributed by atoms with Crippen LogP contribution in [0.2, 0.25) is 0 Å². The molecule has 0 bridgehead atoms. The number of rotatable bonds is 5. The normalized spacial score (nSPS) is 17.5. The van der Waals surface area contributed by atoms with Crippen molar-refractivity contribution in [3.63, 3.8) is 0 Å². The van der Waals surface area contributed by atoms with Crippen molar-refractivity contribution in [1.29, 1.82) is 0 Å². The summed E-state index contributed by atoms with van der Waals surface area (Å²) in [5.74, 6) is -0.414. The first-order valence-electron chi connectivity index (χ1n) is 7.05. The SMILES string of the molecule is CN(CC1CCCO1)C(=O)CNC(=O)c1ccc(N)cc1. The molecular weight excluding hydrogens is 270 g/mol. The number of benzene rings is 1. The molecule has 1 aromatic rings. The number of hydrogen-bond acceptors (Lipinski definition) is 4. The number of nitrogen functional groups attached to an aromatic ring is 1. The molecule has 1 heterocycles. The minimum Gasteiger partial charge on any atom is -0.399 e. The Morgan fingerprint density at radius 1 is 1.38 bits per heavy atom. The zero-order valence-electron chi connectivity index (χ0n) is 12.2. The molecule has 1 aliphatic heterocycles. The van der Waals surface area contributed by atoms with E-state index in [0.29, 0.717) is 17.8 Å². The van der Waals surface area contributed by atoms with E-state index in [1.165, 1.54) is 0 Å². The molecule has 1 saturated heterocycles. The molecule has 21 heavy (non-hydrogen) atoms. The molecule has 0 aromatic heterocycles. The summed E-state index contributed by atoms with van der Waals surface area (Å²) in [5.41, 5.74) is 6.64. The van der Waals surface area contributed by atoms with Gasteiger partial charge < -0.3 is 20.7 Å². The molecular formula is C15H21N3O3. The molecule has 0 aliphatic carbocycles. The molecule has 1 atom stereocenters. The number of nitrogens with one attached hydrogen (secondary N) is 1. The number of anilines is 1. The van der Waals surface area contributed by atoms with Crippen molar-refractivity contribution < 1.29 is 14.3 Å². The van der Waals surface area contributed by atoms with Crippen molar-refractivity contribution in [3.05, 3.63) is 29.8 Å². The Hall–Kier alpha value is -2.08. The van der Waals surface area contributed by atoms with Gasteiger partial charge in [0.2, 0.25) is 5.91 Å². The first-order valence-corrected chi connectivity index (χ1v) is 7.05. The molecule has 1 aromatic carbocycles. The number of hydrogen-bond donors (Lipinski definition) is 2. The quantitative estimate of drug-likeness (QED) is 0.780. The molecule has 0 radical (unpaired) electrons. The number of ether oxygens (including phenoxy) is 1. The van der Waals surface area contributed by atoms with Gasteiger partial charge in [0.05, 0.1) is 12.6 Å². The van der Waals surface area contributed by atoms with E-state index in [4.69, 9.17) is 10.5 Å². The summed E-state index contributed by atoms with van der Waals surface area (Å²) in [5, 5.41) is 2.61. The Bertz CT molecular complexity index is 495. The monoisotopic (exact) mass is 291 g/mol. The van der Waals surface area contributed by atoms with Crippen LogP contribution >= 0.6 is 0 Å². The van der Waals surface area contributed by atoms with Gasteiger partial charge in [0.15, 0.2) is 0 Å². The minimum absolute atomic E-state index is 0.0214. The number of likely N-dealkylation sites (N-methyl/N-ethyl adjacent to an activating group) is 1. The van der Waals surface area contributed by atoms with Crippen LogP contribution in [0.1, 0.15) is 23.2 Å². The molecule has 2 rings (SSSR count). The van der Waals surface area contributed by atoms with Crippen LogP contribution in [0.5, 0.6) is 0 Å². The molecule has 6 nitrogen and oxygen atoms in total. The predicted molar refractivity (Wildman–Crippen MR) is 79.8 cm³/mol. The first-order chi connectivity index (χ1) is 10.1. The Morgan fingerprint density at radius 3 is 2.71 bits per heavy atom. The number of carbonyl (C=O) groups is 2. The van der Waals surface area contributed by atoms with Crippen molar-refractivity contribution in [2.45, 2.75) is 18.9 Å². The Morgan fingerprint density at radius 2 is 2.10 bits per heavy atom. The van der Waals surface area contributed by atoms with Gasteiger partial charge in [0.25, 0.3) is 5.91 Å². The second-order valence-corrected chi connectivity index (χ2v) is 5.21. The van der Waals surface area contributed by atoms with Crippen LogP contribution in [0.25, 0.3) is 0 Å². The van der Waals surface area contributed by atoms with Gasteiger partial charge in [-0.15, -0.1) is 0 Å². The fraction of sp³-hybridized carbons (Fsp3) is 0.467. The van der Waals surface area contributed by atoms with Crippen molar-refractivity contribution in [2.24, 2.45) is 0 Å². The Labute approximate surface area is 124 Å².